The number of primary amides is 1. The fraction of sp³-hybridized carbons (Fsp3) is 0.500. The molecule has 0 unspecified atom stereocenters. The molecular formula is C2H7N3O. The first-order chi connectivity index (χ1) is 2.77. The molecule has 0 aliphatic rings. The number of rotatable bonds is 1. The minimum atomic E-state index is -0.586. The maximum Gasteiger partial charge on any atom is 0.313 e. The molecule has 2 amide bonds. The zero-order valence-electron chi connectivity index (χ0n) is 3.27. The van der Waals surface area contributed by atoms with E-state index in [1.807, 2.05) is 0 Å². The third-order valence-corrected chi connectivity index (χ3v) is 0.276. The first kappa shape index (κ1) is 5.23. The first-order valence-corrected chi connectivity index (χ1v) is 1.50. The summed E-state index contributed by atoms with van der Waals surface area (Å²) in [5.41, 5.74) is 9.39. The van der Waals surface area contributed by atoms with Gasteiger partial charge in [-0.2, -0.15) is 0 Å². The molecule has 0 saturated heterocycles. The van der Waals surface area contributed by atoms with Gasteiger partial charge in [0.2, 0.25) is 0 Å². The van der Waals surface area contributed by atoms with Gasteiger partial charge in [-0.05, 0) is 0 Å². The Hall–Kier alpha value is -0.770. The first-order valence-electron chi connectivity index (χ1n) is 1.50. The summed E-state index contributed by atoms with van der Waals surface area (Å²) >= 11 is 0. The van der Waals surface area contributed by atoms with Crippen LogP contribution in [0.2, 0.25) is 0 Å². The fourth-order valence-electron chi connectivity index (χ4n) is 0.101. The van der Waals surface area contributed by atoms with Crippen molar-refractivity contribution in [1.82, 2.24) is 5.32 Å². The van der Waals surface area contributed by atoms with Crippen molar-refractivity contribution in [3.63, 3.8) is 0 Å². The summed E-state index contributed by atoms with van der Waals surface area (Å²) in [6, 6.07) is -0.586. The van der Waals surface area contributed by atoms with E-state index in [1.165, 1.54) is 0 Å². The minimum Gasteiger partial charge on any atom is -0.352 e. The van der Waals surface area contributed by atoms with Crippen LogP contribution in [0.4, 0.5) is 4.79 Å². The second-order valence-electron chi connectivity index (χ2n) is 0.745. The molecule has 4 nitrogen and oxygen atoms in total. The molecule has 0 bridgehead atoms. The van der Waals surface area contributed by atoms with Gasteiger partial charge in [0.1, 0.15) is 0 Å². The highest BCUT2D eigenvalue weighted by molar-refractivity contribution is 5.71. The summed E-state index contributed by atoms with van der Waals surface area (Å²) in [4.78, 5) is 9.63. The molecule has 0 aromatic rings. The summed E-state index contributed by atoms with van der Waals surface area (Å²) < 4.78 is 0. The van der Waals surface area contributed by atoms with E-state index in [-0.39, 0.29) is 6.67 Å². The fourth-order valence-corrected chi connectivity index (χ4v) is 0.101. The van der Waals surface area contributed by atoms with Gasteiger partial charge in [0.05, 0.1) is 6.67 Å². The van der Waals surface area contributed by atoms with Gasteiger partial charge in [-0.1, -0.05) is 0 Å². The van der Waals surface area contributed by atoms with Crippen molar-refractivity contribution in [2.24, 2.45) is 11.5 Å². The second-order valence-corrected chi connectivity index (χ2v) is 0.745. The number of nitrogens with two attached hydrogens (primary N) is 2. The Kier molecular flexibility index (Phi) is 2.15. The summed E-state index contributed by atoms with van der Waals surface area (Å²) in [6.07, 6.45) is 0. The lowest BCUT2D eigenvalue weighted by molar-refractivity contribution is 0.249. The third kappa shape index (κ3) is 3.23. The van der Waals surface area contributed by atoms with Crippen molar-refractivity contribution >= 4 is 6.03 Å². The highest BCUT2D eigenvalue weighted by Gasteiger charge is 1.79. The van der Waals surface area contributed by atoms with Crippen LogP contribution in [-0.2, 0) is 0 Å². The molecule has 0 spiro atoms. The Morgan fingerprint density at radius 3 is 2.33 bits per heavy atom. The Morgan fingerprint density at radius 2 is 2.33 bits per heavy atom. The van der Waals surface area contributed by atoms with Gasteiger partial charge in [-0.25, -0.2) is 4.79 Å². The summed E-state index contributed by atoms with van der Waals surface area (Å²) in [5, 5.41) is 2.12. The van der Waals surface area contributed by atoms with Crippen LogP contribution >= 0.6 is 0 Å². The average molecular weight is 89.1 g/mol. The topological polar surface area (TPSA) is 81.1 Å². The van der Waals surface area contributed by atoms with Crippen LogP contribution in [0.15, 0.2) is 0 Å². The van der Waals surface area contributed by atoms with Gasteiger partial charge >= 0.3 is 6.03 Å². The van der Waals surface area contributed by atoms with Crippen molar-refractivity contribution in [2.45, 2.75) is 0 Å². The van der Waals surface area contributed by atoms with Crippen LogP contribution in [0, 0.1) is 0 Å². The lowest BCUT2D eigenvalue weighted by Gasteiger charge is -1.89. The number of hydrogen-bond acceptors (Lipinski definition) is 2. The van der Waals surface area contributed by atoms with E-state index in [2.05, 4.69) is 11.1 Å². The molecule has 0 aromatic carbocycles. The number of nitrogens with one attached hydrogen (secondary N) is 1. The molecule has 0 aliphatic carbocycles. The van der Waals surface area contributed by atoms with Crippen LogP contribution in [-0.4, -0.2) is 12.7 Å². The largest absolute Gasteiger partial charge is 0.352 e. The Bertz CT molecular complexity index is 52.8. The SMILES string of the molecule is NCNC(N)=O. The maximum atomic E-state index is 9.63. The van der Waals surface area contributed by atoms with E-state index in [0.717, 1.165) is 0 Å². The lowest BCUT2D eigenvalue weighted by atomic mass is 11.0. The number of amides is 2. The van der Waals surface area contributed by atoms with Crippen LogP contribution < -0.4 is 16.8 Å². The zero-order chi connectivity index (χ0) is 4.99. The van der Waals surface area contributed by atoms with Crippen molar-refractivity contribution in [3.8, 4) is 0 Å². The Labute approximate surface area is 35.5 Å². The third-order valence-electron chi connectivity index (χ3n) is 0.276. The highest BCUT2D eigenvalue weighted by atomic mass is 16.2. The van der Waals surface area contributed by atoms with Crippen LogP contribution in [0.1, 0.15) is 0 Å². The van der Waals surface area contributed by atoms with Gasteiger partial charge in [-0.3, -0.25) is 0 Å². The number of urea groups is 1. The molecule has 4 heteroatoms. The molecule has 5 N–H and O–H groups in total. The van der Waals surface area contributed by atoms with Gasteiger partial charge < -0.3 is 16.8 Å². The van der Waals surface area contributed by atoms with Gasteiger partial charge in [-0.15, -0.1) is 0 Å². The molecule has 0 heterocycles. The van der Waals surface area contributed by atoms with E-state index in [4.69, 9.17) is 5.73 Å². The van der Waals surface area contributed by atoms with E-state index >= 15 is 0 Å². The van der Waals surface area contributed by atoms with Crippen LogP contribution in [0.5, 0.6) is 0 Å². The number of carbonyl (C=O) groups excluding carboxylic acids is 1. The highest BCUT2D eigenvalue weighted by Crippen LogP contribution is 1.43. The van der Waals surface area contributed by atoms with Gasteiger partial charge in [0, 0.05) is 0 Å². The number of carbonyl (C=O) groups is 1. The van der Waals surface area contributed by atoms with Gasteiger partial charge in [0.15, 0.2) is 0 Å². The van der Waals surface area contributed by atoms with E-state index in [9.17, 15) is 4.79 Å². The molecule has 0 fully saturated rings. The molecule has 0 atom stereocenters. The lowest BCUT2D eigenvalue weighted by Crippen LogP contribution is -2.33. The van der Waals surface area contributed by atoms with E-state index in [1.54, 1.807) is 0 Å². The van der Waals surface area contributed by atoms with Crippen LogP contribution in [0.3, 0.4) is 0 Å². The smallest absolute Gasteiger partial charge is 0.313 e. The van der Waals surface area contributed by atoms with Crippen molar-refractivity contribution < 1.29 is 4.79 Å². The average Bonchev–Trinajstić information content (AvgIpc) is 1.35. The molecular weight excluding hydrogens is 82.0 g/mol. The molecule has 6 heavy (non-hydrogen) atoms. The minimum absolute atomic E-state index is 0.106. The molecule has 0 rings (SSSR count). The Morgan fingerprint density at radius 1 is 1.83 bits per heavy atom. The monoisotopic (exact) mass is 89.1 g/mol. The molecule has 0 radical (unpaired) electrons. The van der Waals surface area contributed by atoms with Crippen molar-refractivity contribution in [2.75, 3.05) is 6.67 Å². The molecule has 0 saturated carbocycles. The van der Waals surface area contributed by atoms with E-state index < -0.39 is 6.03 Å². The normalized spacial score (nSPS) is 7.50. The quantitative estimate of drug-likeness (QED) is 0.344. The zero-order valence-corrected chi connectivity index (χ0v) is 3.27. The standard InChI is InChI=1S/C2H7N3O/c3-1-5-2(4)6/h1,3H2,(H3,4,5,6). The molecule has 36 valence electrons. The molecule has 0 aliphatic heterocycles. The van der Waals surface area contributed by atoms with Crippen molar-refractivity contribution in [3.05, 3.63) is 0 Å². The maximum absolute atomic E-state index is 9.63. The van der Waals surface area contributed by atoms with Crippen molar-refractivity contribution in [1.29, 1.82) is 0 Å². The number of hydrogen-bond donors (Lipinski definition) is 3. The van der Waals surface area contributed by atoms with E-state index in [0.29, 0.717) is 0 Å². The predicted molar refractivity (Wildman–Crippen MR) is 21.8 cm³/mol. The van der Waals surface area contributed by atoms with Gasteiger partial charge in [0.25, 0.3) is 0 Å². The summed E-state index contributed by atoms with van der Waals surface area (Å²) in [7, 11) is 0. The predicted octanol–water partition coefficient (Wildman–Crippen LogP) is -1.43. The molecule has 0 aromatic heterocycles. The van der Waals surface area contributed by atoms with Crippen LogP contribution in [0.25, 0.3) is 0 Å². The summed E-state index contributed by atoms with van der Waals surface area (Å²) in [6.45, 7) is 0.106. The Balaban J connectivity index is 2.83. The summed E-state index contributed by atoms with van der Waals surface area (Å²) in [5.74, 6) is 0. The second kappa shape index (κ2) is 2.47.